The van der Waals surface area contributed by atoms with Crippen LogP contribution in [0.15, 0.2) is 41.5 Å². The first-order valence-corrected chi connectivity index (χ1v) is 5.76. The number of nitrogens with zero attached hydrogens (tertiary/aromatic N) is 3. The van der Waals surface area contributed by atoms with Crippen LogP contribution >= 0.6 is 0 Å². The van der Waals surface area contributed by atoms with Gasteiger partial charge in [0.05, 0.1) is 16.0 Å². The molecular formula is C12H10N4O5. The van der Waals surface area contributed by atoms with Gasteiger partial charge in [0.25, 0.3) is 11.1 Å². The monoisotopic (exact) mass is 290 g/mol. The van der Waals surface area contributed by atoms with Crippen molar-refractivity contribution in [2.45, 2.75) is 6.54 Å². The molecule has 0 atom stereocenters. The molecule has 2 aromatic rings. The normalized spacial score (nSPS) is 10.3. The summed E-state index contributed by atoms with van der Waals surface area (Å²) < 4.78 is 1.43. The Bertz CT molecular complexity index is 783. The van der Waals surface area contributed by atoms with Crippen molar-refractivity contribution >= 4 is 17.1 Å². The molecule has 0 unspecified atom stereocenters. The van der Waals surface area contributed by atoms with Crippen LogP contribution in [0.1, 0.15) is 5.56 Å². The summed E-state index contributed by atoms with van der Waals surface area (Å²) in [4.78, 5) is 31.3. The Morgan fingerprint density at radius 1 is 1.10 bits per heavy atom. The highest BCUT2D eigenvalue weighted by molar-refractivity contribution is 5.59. The van der Waals surface area contributed by atoms with E-state index in [1.165, 1.54) is 29.0 Å². The van der Waals surface area contributed by atoms with Crippen molar-refractivity contribution in [3.63, 3.8) is 0 Å². The minimum absolute atomic E-state index is 0.00745. The molecule has 0 spiro atoms. The van der Waals surface area contributed by atoms with Gasteiger partial charge in [0, 0.05) is 24.9 Å². The Labute approximate surface area is 117 Å². The average molecular weight is 290 g/mol. The molecule has 0 fully saturated rings. The molecule has 2 N–H and O–H groups in total. The number of benzene rings is 1. The molecule has 9 heteroatoms. The molecule has 0 radical (unpaired) electrons. The Hall–Kier alpha value is -3.23. The zero-order chi connectivity index (χ0) is 15.6. The van der Waals surface area contributed by atoms with Gasteiger partial charge in [-0.3, -0.25) is 25.0 Å². The number of nitrogen functional groups attached to an aromatic ring is 1. The predicted octanol–water partition coefficient (Wildman–Crippen LogP) is 1.30. The van der Waals surface area contributed by atoms with Crippen LogP contribution in [-0.4, -0.2) is 14.4 Å². The number of hydrogen-bond donors (Lipinski definition) is 1. The second kappa shape index (κ2) is 5.41. The molecule has 1 aromatic carbocycles. The van der Waals surface area contributed by atoms with Crippen LogP contribution in [0.2, 0.25) is 0 Å². The van der Waals surface area contributed by atoms with Crippen molar-refractivity contribution < 1.29 is 9.85 Å². The van der Waals surface area contributed by atoms with E-state index in [1.54, 1.807) is 0 Å². The summed E-state index contributed by atoms with van der Waals surface area (Å²) >= 11 is 0. The predicted molar refractivity (Wildman–Crippen MR) is 74.0 cm³/mol. The van der Waals surface area contributed by atoms with E-state index in [-0.39, 0.29) is 17.9 Å². The molecule has 1 aromatic heterocycles. The van der Waals surface area contributed by atoms with E-state index in [0.717, 1.165) is 12.3 Å². The summed E-state index contributed by atoms with van der Waals surface area (Å²) in [6, 6.07) is 5.27. The van der Waals surface area contributed by atoms with Gasteiger partial charge in [-0.05, 0) is 11.6 Å². The first-order chi connectivity index (χ1) is 9.88. The fourth-order valence-electron chi connectivity index (χ4n) is 1.83. The van der Waals surface area contributed by atoms with Crippen molar-refractivity contribution in [2.24, 2.45) is 0 Å². The van der Waals surface area contributed by atoms with Gasteiger partial charge in [0.1, 0.15) is 5.69 Å². The summed E-state index contributed by atoms with van der Waals surface area (Å²) in [6.45, 7) is 0.198. The highest BCUT2D eigenvalue weighted by Gasteiger charge is 2.13. The number of hydrogen-bond acceptors (Lipinski definition) is 6. The number of nitro benzene ring substituents is 1. The third-order valence-electron chi connectivity index (χ3n) is 2.81. The van der Waals surface area contributed by atoms with Crippen LogP contribution in [-0.2, 0) is 6.54 Å². The highest BCUT2D eigenvalue weighted by atomic mass is 16.6. The van der Waals surface area contributed by atoms with Crippen LogP contribution in [0.3, 0.4) is 0 Å². The lowest BCUT2D eigenvalue weighted by molar-refractivity contribution is -0.386. The van der Waals surface area contributed by atoms with Crippen molar-refractivity contribution in [3.05, 3.63) is 72.7 Å². The molecule has 1 heterocycles. The van der Waals surface area contributed by atoms with Gasteiger partial charge < -0.3 is 10.3 Å². The molecule has 0 amide bonds. The maximum absolute atomic E-state index is 11.3. The third kappa shape index (κ3) is 3.03. The molecule has 0 saturated carbocycles. The standard InChI is InChI=1S/C12H10N4O5/c13-9-5-8(1-2-10(9)15(18)19)6-14-4-3-12(17)11(7-14)16(20)21/h1-5,7H,6,13H2. The molecule has 0 aliphatic heterocycles. The van der Waals surface area contributed by atoms with Crippen molar-refractivity contribution in [1.82, 2.24) is 4.57 Å². The summed E-state index contributed by atoms with van der Waals surface area (Å²) in [6.07, 6.45) is 2.51. The molecule has 9 nitrogen and oxygen atoms in total. The quantitative estimate of drug-likeness (QED) is 0.512. The van der Waals surface area contributed by atoms with Crippen molar-refractivity contribution in [1.29, 1.82) is 0 Å². The maximum Gasteiger partial charge on any atom is 0.332 e. The van der Waals surface area contributed by atoms with E-state index < -0.39 is 21.0 Å². The molecular weight excluding hydrogens is 280 g/mol. The SMILES string of the molecule is Nc1cc(Cn2ccc(=O)c([N+](=O)[O-])c2)ccc1[N+](=O)[O-]. The average Bonchev–Trinajstić information content (AvgIpc) is 2.40. The second-order valence-corrected chi connectivity index (χ2v) is 4.27. The van der Waals surface area contributed by atoms with Gasteiger partial charge in [-0.25, -0.2) is 0 Å². The smallest absolute Gasteiger partial charge is 0.332 e. The van der Waals surface area contributed by atoms with E-state index in [4.69, 9.17) is 5.73 Å². The number of nitrogens with two attached hydrogens (primary N) is 1. The lowest BCUT2D eigenvalue weighted by Crippen LogP contribution is -2.11. The molecule has 0 aliphatic carbocycles. The van der Waals surface area contributed by atoms with Crippen LogP contribution < -0.4 is 11.2 Å². The lowest BCUT2D eigenvalue weighted by Gasteiger charge is -2.07. The summed E-state index contributed by atoms with van der Waals surface area (Å²) in [5.41, 5.74) is 4.78. The summed E-state index contributed by atoms with van der Waals surface area (Å²) in [5, 5.41) is 21.4. The number of pyridine rings is 1. The topological polar surface area (TPSA) is 134 Å². The Morgan fingerprint density at radius 3 is 2.33 bits per heavy atom. The van der Waals surface area contributed by atoms with Gasteiger partial charge in [0.2, 0.25) is 0 Å². The molecule has 0 saturated heterocycles. The second-order valence-electron chi connectivity index (χ2n) is 4.27. The van der Waals surface area contributed by atoms with Crippen LogP contribution in [0.4, 0.5) is 17.1 Å². The van der Waals surface area contributed by atoms with E-state index in [2.05, 4.69) is 0 Å². The minimum atomic E-state index is -0.761. The molecule has 0 aliphatic rings. The maximum atomic E-state index is 11.3. The molecule has 108 valence electrons. The largest absolute Gasteiger partial charge is 0.393 e. The van der Waals surface area contributed by atoms with E-state index >= 15 is 0 Å². The Kier molecular flexibility index (Phi) is 3.65. The highest BCUT2D eigenvalue weighted by Crippen LogP contribution is 2.22. The number of nitro groups is 2. The number of aromatic nitrogens is 1. The summed E-state index contributed by atoms with van der Waals surface area (Å²) in [5.74, 6) is 0. The Morgan fingerprint density at radius 2 is 1.76 bits per heavy atom. The third-order valence-corrected chi connectivity index (χ3v) is 2.81. The molecule has 2 rings (SSSR count). The van der Waals surface area contributed by atoms with Gasteiger partial charge in [-0.1, -0.05) is 6.07 Å². The van der Waals surface area contributed by atoms with Gasteiger partial charge >= 0.3 is 5.69 Å². The van der Waals surface area contributed by atoms with E-state index in [1.807, 2.05) is 0 Å². The van der Waals surface area contributed by atoms with E-state index in [9.17, 15) is 25.0 Å². The van der Waals surface area contributed by atoms with Gasteiger partial charge in [0.15, 0.2) is 0 Å². The first kappa shape index (κ1) is 14.2. The van der Waals surface area contributed by atoms with Crippen LogP contribution in [0.5, 0.6) is 0 Å². The van der Waals surface area contributed by atoms with Crippen LogP contribution in [0.25, 0.3) is 0 Å². The Balaban J connectivity index is 2.32. The lowest BCUT2D eigenvalue weighted by atomic mass is 10.1. The first-order valence-electron chi connectivity index (χ1n) is 5.76. The van der Waals surface area contributed by atoms with Crippen molar-refractivity contribution in [2.75, 3.05) is 5.73 Å². The summed E-state index contributed by atoms with van der Waals surface area (Å²) in [7, 11) is 0. The zero-order valence-corrected chi connectivity index (χ0v) is 10.6. The van der Waals surface area contributed by atoms with Crippen LogP contribution in [0, 0.1) is 20.2 Å². The molecule has 0 bridgehead atoms. The minimum Gasteiger partial charge on any atom is -0.393 e. The van der Waals surface area contributed by atoms with Gasteiger partial charge in [-0.2, -0.15) is 0 Å². The number of rotatable bonds is 4. The number of anilines is 1. The van der Waals surface area contributed by atoms with E-state index in [0.29, 0.717) is 5.56 Å². The zero-order valence-electron chi connectivity index (χ0n) is 10.6. The van der Waals surface area contributed by atoms with Crippen molar-refractivity contribution in [3.8, 4) is 0 Å². The molecule has 21 heavy (non-hydrogen) atoms. The van der Waals surface area contributed by atoms with Gasteiger partial charge in [-0.15, -0.1) is 0 Å². The fraction of sp³-hybridized carbons (Fsp3) is 0.0833. The fourth-order valence-corrected chi connectivity index (χ4v) is 1.83.